The maximum atomic E-state index is 10.8. The van der Waals surface area contributed by atoms with Crippen molar-refractivity contribution in [3.8, 4) is 0 Å². The molecule has 0 atom stereocenters. The third-order valence-electron chi connectivity index (χ3n) is 1.87. The SMILES string of the molecule is CCOC(=O)NOC1CCNCC1. The van der Waals surface area contributed by atoms with E-state index in [1.54, 1.807) is 6.92 Å². The minimum absolute atomic E-state index is 0.116. The fraction of sp³-hybridized carbons (Fsp3) is 0.875. The first-order chi connectivity index (χ1) is 6.33. The Morgan fingerprint density at radius 2 is 2.23 bits per heavy atom. The van der Waals surface area contributed by atoms with Gasteiger partial charge in [0.1, 0.15) is 0 Å². The zero-order valence-electron chi connectivity index (χ0n) is 7.84. The minimum atomic E-state index is -0.513. The van der Waals surface area contributed by atoms with Gasteiger partial charge >= 0.3 is 6.09 Å². The second kappa shape index (κ2) is 5.77. The van der Waals surface area contributed by atoms with E-state index in [2.05, 4.69) is 15.5 Å². The molecule has 1 amide bonds. The monoisotopic (exact) mass is 188 g/mol. The van der Waals surface area contributed by atoms with Crippen molar-refractivity contribution in [2.24, 2.45) is 0 Å². The molecule has 0 radical (unpaired) electrons. The third kappa shape index (κ3) is 4.10. The molecule has 5 heteroatoms. The van der Waals surface area contributed by atoms with Crippen molar-refractivity contribution < 1.29 is 14.4 Å². The fourth-order valence-electron chi connectivity index (χ4n) is 1.21. The molecule has 13 heavy (non-hydrogen) atoms. The van der Waals surface area contributed by atoms with Gasteiger partial charge in [0.25, 0.3) is 0 Å². The molecule has 0 aromatic carbocycles. The van der Waals surface area contributed by atoms with E-state index in [0.29, 0.717) is 6.61 Å². The lowest BCUT2D eigenvalue weighted by atomic mass is 10.1. The molecule has 0 aromatic heterocycles. The first-order valence-electron chi connectivity index (χ1n) is 4.62. The number of piperidine rings is 1. The van der Waals surface area contributed by atoms with E-state index in [4.69, 9.17) is 4.84 Å². The molecule has 1 fully saturated rings. The highest BCUT2D eigenvalue weighted by atomic mass is 16.7. The maximum absolute atomic E-state index is 10.8. The van der Waals surface area contributed by atoms with E-state index in [1.807, 2.05) is 0 Å². The van der Waals surface area contributed by atoms with Gasteiger partial charge in [0.05, 0.1) is 12.7 Å². The summed E-state index contributed by atoms with van der Waals surface area (Å²) in [4.78, 5) is 15.9. The van der Waals surface area contributed by atoms with Crippen LogP contribution in [0.15, 0.2) is 0 Å². The summed E-state index contributed by atoms with van der Waals surface area (Å²) in [7, 11) is 0. The van der Waals surface area contributed by atoms with E-state index >= 15 is 0 Å². The van der Waals surface area contributed by atoms with Crippen molar-refractivity contribution in [1.82, 2.24) is 10.8 Å². The van der Waals surface area contributed by atoms with Crippen LogP contribution in [0.2, 0.25) is 0 Å². The van der Waals surface area contributed by atoms with Gasteiger partial charge in [-0.3, -0.25) is 4.84 Å². The number of amides is 1. The molecule has 0 saturated carbocycles. The summed E-state index contributed by atoms with van der Waals surface area (Å²) >= 11 is 0. The summed E-state index contributed by atoms with van der Waals surface area (Å²) < 4.78 is 4.64. The summed E-state index contributed by atoms with van der Waals surface area (Å²) in [5.74, 6) is 0. The van der Waals surface area contributed by atoms with Gasteiger partial charge in [-0.2, -0.15) is 5.48 Å². The number of hydroxylamine groups is 1. The Morgan fingerprint density at radius 1 is 1.54 bits per heavy atom. The van der Waals surface area contributed by atoms with E-state index in [-0.39, 0.29) is 6.10 Å². The van der Waals surface area contributed by atoms with Crippen molar-refractivity contribution in [1.29, 1.82) is 0 Å². The topological polar surface area (TPSA) is 59.6 Å². The van der Waals surface area contributed by atoms with Crippen LogP contribution in [-0.4, -0.2) is 31.9 Å². The lowest BCUT2D eigenvalue weighted by Gasteiger charge is -2.22. The summed E-state index contributed by atoms with van der Waals surface area (Å²) in [5.41, 5.74) is 2.26. The molecule has 2 N–H and O–H groups in total. The Bertz CT molecular complexity index is 157. The normalized spacial score (nSPS) is 18.2. The lowest BCUT2D eigenvalue weighted by Crippen LogP contribution is -2.37. The second-order valence-corrected chi connectivity index (χ2v) is 2.89. The van der Waals surface area contributed by atoms with Crippen LogP contribution in [0, 0.1) is 0 Å². The Hall–Kier alpha value is -0.810. The fourth-order valence-corrected chi connectivity index (χ4v) is 1.21. The van der Waals surface area contributed by atoms with E-state index in [1.165, 1.54) is 0 Å². The van der Waals surface area contributed by atoms with Crippen LogP contribution < -0.4 is 10.8 Å². The summed E-state index contributed by atoms with van der Waals surface area (Å²) in [6.07, 6.45) is 1.45. The van der Waals surface area contributed by atoms with Crippen LogP contribution in [0.4, 0.5) is 4.79 Å². The molecule has 1 aliphatic rings. The van der Waals surface area contributed by atoms with Crippen LogP contribution in [-0.2, 0) is 9.57 Å². The Kier molecular flexibility index (Phi) is 4.56. The summed E-state index contributed by atoms with van der Waals surface area (Å²) in [5, 5.41) is 3.20. The van der Waals surface area contributed by atoms with Crippen molar-refractivity contribution in [2.75, 3.05) is 19.7 Å². The molecule has 1 saturated heterocycles. The predicted molar refractivity (Wildman–Crippen MR) is 47.1 cm³/mol. The molecular weight excluding hydrogens is 172 g/mol. The van der Waals surface area contributed by atoms with Crippen molar-refractivity contribution >= 4 is 6.09 Å². The molecule has 0 spiro atoms. The minimum Gasteiger partial charge on any atom is -0.448 e. The average molecular weight is 188 g/mol. The molecule has 0 unspecified atom stereocenters. The number of hydrogen-bond donors (Lipinski definition) is 2. The van der Waals surface area contributed by atoms with Crippen LogP contribution in [0.5, 0.6) is 0 Å². The number of carbonyl (C=O) groups excluding carboxylic acids is 1. The number of carbonyl (C=O) groups is 1. The van der Waals surface area contributed by atoms with Gasteiger partial charge in [0.15, 0.2) is 0 Å². The standard InChI is InChI=1S/C8H16N2O3/c1-2-12-8(11)10-13-7-3-5-9-6-4-7/h7,9H,2-6H2,1H3,(H,10,11). The molecule has 1 aliphatic heterocycles. The first kappa shape index (κ1) is 10.3. The number of rotatable bonds is 3. The number of nitrogens with one attached hydrogen (secondary N) is 2. The van der Waals surface area contributed by atoms with E-state index in [9.17, 15) is 4.79 Å². The molecule has 0 aliphatic carbocycles. The molecule has 0 aromatic rings. The first-order valence-corrected chi connectivity index (χ1v) is 4.62. The van der Waals surface area contributed by atoms with Crippen molar-refractivity contribution in [2.45, 2.75) is 25.9 Å². The van der Waals surface area contributed by atoms with Crippen molar-refractivity contribution in [3.63, 3.8) is 0 Å². The molecule has 1 heterocycles. The van der Waals surface area contributed by atoms with Crippen molar-refractivity contribution in [3.05, 3.63) is 0 Å². The molecule has 1 rings (SSSR count). The van der Waals surface area contributed by atoms with Crippen LogP contribution in [0.1, 0.15) is 19.8 Å². The maximum Gasteiger partial charge on any atom is 0.431 e. The zero-order valence-corrected chi connectivity index (χ0v) is 7.84. The van der Waals surface area contributed by atoms with E-state index < -0.39 is 6.09 Å². The Balaban J connectivity index is 2.06. The summed E-state index contributed by atoms with van der Waals surface area (Å²) in [6.45, 7) is 4.00. The second-order valence-electron chi connectivity index (χ2n) is 2.89. The van der Waals surface area contributed by atoms with Gasteiger partial charge in [0, 0.05) is 0 Å². The van der Waals surface area contributed by atoms with E-state index in [0.717, 1.165) is 25.9 Å². The van der Waals surface area contributed by atoms with Crippen LogP contribution in [0.25, 0.3) is 0 Å². The molecule has 76 valence electrons. The highest BCUT2D eigenvalue weighted by Crippen LogP contribution is 2.04. The number of hydrogen-bond acceptors (Lipinski definition) is 4. The average Bonchev–Trinajstić information content (AvgIpc) is 2.17. The highest BCUT2D eigenvalue weighted by molar-refractivity contribution is 5.65. The van der Waals surface area contributed by atoms with Gasteiger partial charge in [-0.1, -0.05) is 0 Å². The smallest absolute Gasteiger partial charge is 0.431 e. The third-order valence-corrected chi connectivity index (χ3v) is 1.87. The molecule has 5 nitrogen and oxygen atoms in total. The molecular formula is C8H16N2O3. The zero-order chi connectivity index (χ0) is 9.52. The Labute approximate surface area is 77.7 Å². The quantitative estimate of drug-likeness (QED) is 0.630. The highest BCUT2D eigenvalue weighted by Gasteiger charge is 2.14. The van der Waals surface area contributed by atoms with Gasteiger partial charge in [-0.15, -0.1) is 0 Å². The van der Waals surface area contributed by atoms with Gasteiger partial charge in [-0.25, -0.2) is 4.79 Å². The molecule has 0 bridgehead atoms. The van der Waals surface area contributed by atoms with Crippen LogP contribution >= 0.6 is 0 Å². The van der Waals surface area contributed by atoms with Crippen LogP contribution in [0.3, 0.4) is 0 Å². The summed E-state index contributed by atoms with van der Waals surface area (Å²) in [6, 6.07) is 0. The largest absolute Gasteiger partial charge is 0.448 e. The number of ether oxygens (including phenoxy) is 1. The predicted octanol–water partition coefficient (Wildman–Crippen LogP) is 0.416. The van der Waals surface area contributed by atoms with Gasteiger partial charge in [0.2, 0.25) is 0 Å². The Morgan fingerprint density at radius 3 is 2.85 bits per heavy atom. The van der Waals surface area contributed by atoms with Gasteiger partial charge < -0.3 is 10.1 Å². The van der Waals surface area contributed by atoms with Gasteiger partial charge in [-0.05, 0) is 32.9 Å². The lowest BCUT2D eigenvalue weighted by molar-refractivity contribution is -0.0349.